The Labute approximate surface area is 130 Å². The van der Waals surface area contributed by atoms with Crippen LogP contribution in [-0.2, 0) is 19.6 Å². The van der Waals surface area contributed by atoms with E-state index in [0.717, 1.165) is 11.1 Å². The van der Waals surface area contributed by atoms with E-state index in [9.17, 15) is 13.2 Å². The molecule has 0 amide bonds. The second kappa shape index (κ2) is 7.57. The highest BCUT2D eigenvalue weighted by Crippen LogP contribution is 2.26. The van der Waals surface area contributed by atoms with E-state index in [1.165, 1.54) is 20.1 Å². The van der Waals surface area contributed by atoms with E-state index < -0.39 is 22.1 Å². The van der Waals surface area contributed by atoms with Gasteiger partial charge in [0.15, 0.2) is 6.10 Å². The van der Waals surface area contributed by atoms with Gasteiger partial charge in [-0.25, -0.2) is 17.9 Å². The minimum absolute atomic E-state index is 0.0317. The fourth-order valence-electron chi connectivity index (χ4n) is 1.69. The maximum atomic E-state index is 12.3. The topological polar surface area (TPSA) is 102 Å². The molecule has 0 bridgehead atoms. The van der Waals surface area contributed by atoms with Gasteiger partial charge in [-0.05, 0) is 44.0 Å². The zero-order valence-electron chi connectivity index (χ0n) is 13.0. The Morgan fingerprint density at radius 3 is 2.45 bits per heavy atom. The van der Waals surface area contributed by atoms with Crippen LogP contribution in [0.5, 0.6) is 5.75 Å². The van der Waals surface area contributed by atoms with Gasteiger partial charge in [0.2, 0.25) is 10.0 Å². The second-order valence-corrected chi connectivity index (χ2v) is 6.57. The SMILES string of the molecule is COc1cc(C)c(C)cc1S(=O)(=O)NCCOC(C)C(=O)O. The van der Waals surface area contributed by atoms with Crippen LogP contribution in [0.1, 0.15) is 18.1 Å². The van der Waals surface area contributed by atoms with Crippen molar-refractivity contribution < 1.29 is 27.8 Å². The molecule has 0 radical (unpaired) electrons. The molecular weight excluding hydrogens is 310 g/mol. The van der Waals surface area contributed by atoms with Crippen LogP contribution in [0.15, 0.2) is 17.0 Å². The lowest BCUT2D eigenvalue weighted by atomic mass is 10.1. The van der Waals surface area contributed by atoms with E-state index in [4.69, 9.17) is 14.6 Å². The minimum atomic E-state index is -3.76. The number of benzene rings is 1. The Balaban J connectivity index is 2.79. The first-order valence-corrected chi connectivity index (χ1v) is 8.16. The molecule has 8 heteroatoms. The monoisotopic (exact) mass is 331 g/mol. The molecule has 1 unspecified atom stereocenters. The fraction of sp³-hybridized carbons (Fsp3) is 0.500. The van der Waals surface area contributed by atoms with Gasteiger partial charge in [0, 0.05) is 6.54 Å². The number of hydrogen-bond donors (Lipinski definition) is 2. The molecule has 0 aliphatic rings. The Bertz CT molecular complexity index is 641. The van der Waals surface area contributed by atoms with Gasteiger partial charge in [0.05, 0.1) is 13.7 Å². The summed E-state index contributed by atoms with van der Waals surface area (Å²) in [5, 5.41) is 8.66. The van der Waals surface area contributed by atoms with Crippen molar-refractivity contribution in [1.29, 1.82) is 0 Å². The molecule has 0 aliphatic carbocycles. The Morgan fingerprint density at radius 2 is 1.91 bits per heavy atom. The lowest BCUT2D eigenvalue weighted by molar-refractivity contribution is -0.148. The number of hydrogen-bond acceptors (Lipinski definition) is 5. The molecule has 1 aromatic rings. The van der Waals surface area contributed by atoms with Crippen LogP contribution in [0.3, 0.4) is 0 Å². The Morgan fingerprint density at radius 1 is 1.32 bits per heavy atom. The van der Waals surface area contributed by atoms with Crippen LogP contribution >= 0.6 is 0 Å². The number of nitrogens with one attached hydrogen (secondary N) is 1. The van der Waals surface area contributed by atoms with Crippen LogP contribution < -0.4 is 9.46 Å². The van der Waals surface area contributed by atoms with E-state index in [1.54, 1.807) is 6.07 Å². The summed E-state index contributed by atoms with van der Waals surface area (Å²) in [6, 6.07) is 3.20. The molecule has 1 aromatic carbocycles. The largest absolute Gasteiger partial charge is 0.495 e. The third-order valence-electron chi connectivity index (χ3n) is 3.18. The van der Waals surface area contributed by atoms with Gasteiger partial charge in [-0.2, -0.15) is 0 Å². The van der Waals surface area contributed by atoms with Gasteiger partial charge in [-0.15, -0.1) is 0 Å². The molecule has 22 heavy (non-hydrogen) atoms. The van der Waals surface area contributed by atoms with Crippen LogP contribution in [-0.4, -0.2) is 45.9 Å². The van der Waals surface area contributed by atoms with Crippen LogP contribution in [0.2, 0.25) is 0 Å². The third kappa shape index (κ3) is 4.69. The average Bonchev–Trinajstić information content (AvgIpc) is 2.45. The summed E-state index contributed by atoms with van der Waals surface area (Å²) >= 11 is 0. The number of sulfonamides is 1. The van der Waals surface area contributed by atoms with Crippen molar-refractivity contribution in [3.63, 3.8) is 0 Å². The molecule has 0 aliphatic heterocycles. The van der Waals surface area contributed by atoms with E-state index >= 15 is 0 Å². The van der Waals surface area contributed by atoms with Crippen molar-refractivity contribution >= 4 is 16.0 Å². The van der Waals surface area contributed by atoms with Gasteiger partial charge in [-0.3, -0.25) is 0 Å². The second-order valence-electron chi connectivity index (χ2n) is 4.84. The summed E-state index contributed by atoms with van der Waals surface area (Å²) < 4.78 is 37.0. The predicted molar refractivity (Wildman–Crippen MR) is 80.7 cm³/mol. The fourth-order valence-corrected chi connectivity index (χ4v) is 2.94. The minimum Gasteiger partial charge on any atom is -0.495 e. The summed E-state index contributed by atoms with van der Waals surface area (Å²) in [6.07, 6.45) is -0.986. The van der Waals surface area contributed by atoms with Crippen molar-refractivity contribution in [3.05, 3.63) is 23.3 Å². The smallest absolute Gasteiger partial charge is 0.332 e. The summed E-state index contributed by atoms with van der Waals surface area (Å²) in [4.78, 5) is 10.6. The highest BCUT2D eigenvalue weighted by Gasteiger charge is 2.20. The summed E-state index contributed by atoms with van der Waals surface area (Å²) in [5.41, 5.74) is 1.76. The number of aryl methyl sites for hydroxylation is 2. The van der Waals surface area contributed by atoms with E-state index in [0.29, 0.717) is 0 Å². The lowest BCUT2D eigenvalue weighted by Crippen LogP contribution is -2.30. The zero-order valence-corrected chi connectivity index (χ0v) is 13.9. The molecule has 7 nitrogen and oxygen atoms in total. The molecule has 124 valence electrons. The van der Waals surface area contributed by atoms with E-state index in [2.05, 4.69) is 4.72 Å². The number of carbonyl (C=O) groups is 1. The molecule has 0 fully saturated rings. The molecule has 1 rings (SSSR count). The first-order chi connectivity index (χ1) is 10.2. The molecule has 0 saturated carbocycles. The standard InChI is InChI=1S/C14H21NO6S/c1-9-7-12(20-4)13(8-10(9)2)22(18,19)15-5-6-21-11(3)14(16)17/h7-8,11,15H,5-6H2,1-4H3,(H,16,17). The molecule has 0 heterocycles. The van der Waals surface area contributed by atoms with Gasteiger partial charge in [-0.1, -0.05) is 0 Å². The molecular formula is C14H21NO6S. The summed E-state index contributed by atoms with van der Waals surface area (Å²) in [6.45, 7) is 4.98. The highest BCUT2D eigenvalue weighted by atomic mass is 32.2. The van der Waals surface area contributed by atoms with Crippen molar-refractivity contribution in [1.82, 2.24) is 4.72 Å². The summed E-state index contributed by atoms with van der Waals surface area (Å²) in [5.74, 6) is -0.839. The third-order valence-corrected chi connectivity index (χ3v) is 4.66. The summed E-state index contributed by atoms with van der Waals surface area (Å²) in [7, 11) is -2.36. The molecule has 0 aromatic heterocycles. The van der Waals surface area contributed by atoms with Crippen molar-refractivity contribution in [2.45, 2.75) is 31.8 Å². The number of ether oxygens (including phenoxy) is 2. The first kappa shape index (κ1) is 18.4. The van der Waals surface area contributed by atoms with Gasteiger partial charge in [0.1, 0.15) is 10.6 Å². The van der Waals surface area contributed by atoms with Crippen molar-refractivity contribution in [3.8, 4) is 5.75 Å². The van der Waals surface area contributed by atoms with Gasteiger partial charge in [0.25, 0.3) is 0 Å². The van der Waals surface area contributed by atoms with Crippen LogP contribution in [0, 0.1) is 13.8 Å². The number of carboxylic acid groups (broad SMARTS) is 1. The van der Waals surface area contributed by atoms with Crippen LogP contribution in [0.4, 0.5) is 0 Å². The van der Waals surface area contributed by atoms with E-state index in [1.807, 2.05) is 13.8 Å². The molecule has 2 N–H and O–H groups in total. The number of carboxylic acids is 1. The quantitative estimate of drug-likeness (QED) is 0.691. The maximum absolute atomic E-state index is 12.3. The average molecular weight is 331 g/mol. The van der Waals surface area contributed by atoms with Crippen molar-refractivity contribution in [2.75, 3.05) is 20.3 Å². The highest BCUT2D eigenvalue weighted by molar-refractivity contribution is 7.89. The lowest BCUT2D eigenvalue weighted by Gasteiger charge is -2.14. The maximum Gasteiger partial charge on any atom is 0.332 e. The molecule has 0 spiro atoms. The molecule has 1 atom stereocenters. The Kier molecular flexibility index (Phi) is 6.34. The number of methoxy groups -OCH3 is 1. The number of aliphatic carboxylic acids is 1. The number of rotatable bonds is 8. The predicted octanol–water partition coefficient (Wildman–Crippen LogP) is 1.08. The zero-order chi connectivity index (χ0) is 16.9. The van der Waals surface area contributed by atoms with E-state index in [-0.39, 0.29) is 23.8 Å². The van der Waals surface area contributed by atoms with Crippen LogP contribution in [0.25, 0.3) is 0 Å². The normalized spacial score (nSPS) is 12.9. The first-order valence-electron chi connectivity index (χ1n) is 6.68. The van der Waals surface area contributed by atoms with Gasteiger partial charge < -0.3 is 14.6 Å². The molecule has 0 saturated heterocycles. The van der Waals surface area contributed by atoms with Crippen molar-refractivity contribution in [2.24, 2.45) is 0 Å². The van der Waals surface area contributed by atoms with Gasteiger partial charge >= 0.3 is 5.97 Å². The Hall–Kier alpha value is -1.64.